The molecule has 6 heteroatoms. The lowest BCUT2D eigenvalue weighted by atomic mass is 9.98. The zero-order chi connectivity index (χ0) is 21.5. The number of nitrogens with one attached hydrogen (secondary N) is 2. The van der Waals surface area contributed by atoms with E-state index in [4.69, 9.17) is 0 Å². The molecular weight excluding hydrogens is 386 g/mol. The summed E-state index contributed by atoms with van der Waals surface area (Å²) < 4.78 is 27.3. The Hall–Kier alpha value is -3.54. The van der Waals surface area contributed by atoms with Crippen molar-refractivity contribution < 1.29 is 18.4 Å². The summed E-state index contributed by atoms with van der Waals surface area (Å²) in [6.07, 6.45) is 0.276. The van der Waals surface area contributed by atoms with E-state index in [-0.39, 0.29) is 24.7 Å². The summed E-state index contributed by atoms with van der Waals surface area (Å²) in [5.74, 6) is -1.60. The minimum absolute atomic E-state index is 0.234. The Morgan fingerprint density at radius 1 is 0.900 bits per heavy atom. The molecule has 0 aliphatic heterocycles. The van der Waals surface area contributed by atoms with Crippen molar-refractivity contribution in [2.24, 2.45) is 0 Å². The van der Waals surface area contributed by atoms with Crippen molar-refractivity contribution in [1.82, 2.24) is 10.6 Å². The van der Waals surface area contributed by atoms with Crippen LogP contribution in [0.4, 0.5) is 8.78 Å². The number of rotatable bonds is 7. The van der Waals surface area contributed by atoms with E-state index in [9.17, 15) is 18.4 Å². The van der Waals surface area contributed by atoms with Gasteiger partial charge >= 0.3 is 0 Å². The molecule has 0 aliphatic rings. The lowest BCUT2D eigenvalue weighted by Gasteiger charge is -2.20. The molecule has 1 atom stereocenters. The van der Waals surface area contributed by atoms with Crippen LogP contribution in [0.1, 0.15) is 33.1 Å². The molecule has 154 valence electrons. The summed E-state index contributed by atoms with van der Waals surface area (Å²) in [5, 5.41) is 5.40. The molecule has 0 radical (unpaired) electrons. The van der Waals surface area contributed by atoms with Gasteiger partial charge in [0.05, 0.1) is 12.6 Å². The maximum atomic E-state index is 13.7. The predicted molar refractivity (Wildman–Crippen MR) is 111 cm³/mol. The molecular formula is C24H22F2N2O2. The van der Waals surface area contributed by atoms with Gasteiger partial charge in [-0.15, -0.1) is 0 Å². The van der Waals surface area contributed by atoms with Gasteiger partial charge in [0.1, 0.15) is 11.6 Å². The van der Waals surface area contributed by atoms with E-state index < -0.39 is 17.8 Å². The molecule has 0 bridgehead atoms. The fraction of sp³-hybridized carbons (Fsp3) is 0.167. The topological polar surface area (TPSA) is 58.2 Å². The van der Waals surface area contributed by atoms with Crippen molar-refractivity contribution in [2.75, 3.05) is 6.54 Å². The van der Waals surface area contributed by atoms with Crippen LogP contribution in [0, 0.1) is 18.6 Å². The first kappa shape index (κ1) is 21.2. The van der Waals surface area contributed by atoms with Crippen molar-refractivity contribution in [2.45, 2.75) is 19.4 Å². The second-order valence-corrected chi connectivity index (χ2v) is 7.01. The van der Waals surface area contributed by atoms with Crippen LogP contribution < -0.4 is 10.6 Å². The van der Waals surface area contributed by atoms with E-state index in [0.717, 1.165) is 5.56 Å². The van der Waals surface area contributed by atoms with Crippen LogP contribution in [0.15, 0.2) is 72.8 Å². The molecule has 2 N–H and O–H groups in total. The first-order valence-corrected chi connectivity index (χ1v) is 9.55. The first-order valence-electron chi connectivity index (χ1n) is 9.55. The Balaban J connectivity index is 1.70. The highest BCUT2D eigenvalue weighted by molar-refractivity contribution is 5.97. The number of carbonyl (C=O) groups excluding carboxylic acids is 2. The van der Waals surface area contributed by atoms with Crippen LogP contribution in [0.2, 0.25) is 0 Å². The normalized spacial score (nSPS) is 11.6. The van der Waals surface area contributed by atoms with Gasteiger partial charge in [-0.3, -0.25) is 9.59 Å². The quantitative estimate of drug-likeness (QED) is 0.618. The fourth-order valence-electron chi connectivity index (χ4n) is 3.20. The van der Waals surface area contributed by atoms with Gasteiger partial charge < -0.3 is 10.6 Å². The Bertz CT molecular complexity index is 1050. The van der Waals surface area contributed by atoms with E-state index in [1.165, 1.54) is 24.3 Å². The number of carbonyl (C=O) groups is 2. The summed E-state index contributed by atoms with van der Waals surface area (Å²) in [4.78, 5) is 24.8. The van der Waals surface area contributed by atoms with Gasteiger partial charge in [-0.1, -0.05) is 42.5 Å². The summed E-state index contributed by atoms with van der Waals surface area (Å²) in [5.41, 5.74) is 2.51. The highest BCUT2D eigenvalue weighted by atomic mass is 19.1. The second-order valence-electron chi connectivity index (χ2n) is 7.01. The molecule has 3 aromatic carbocycles. The van der Waals surface area contributed by atoms with Gasteiger partial charge in [0.15, 0.2) is 0 Å². The summed E-state index contributed by atoms with van der Waals surface area (Å²) >= 11 is 0. The van der Waals surface area contributed by atoms with Crippen molar-refractivity contribution in [1.29, 1.82) is 0 Å². The van der Waals surface area contributed by atoms with Crippen molar-refractivity contribution in [3.63, 3.8) is 0 Å². The molecule has 0 spiro atoms. The molecule has 0 saturated heterocycles. The lowest BCUT2D eigenvalue weighted by molar-refractivity contribution is -0.120. The fourth-order valence-corrected chi connectivity index (χ4v) is 3.20. The van der Waals surface area contributed by atoms with Crippen molar-refractivity contribution >= 4 is 11.8 Å². The van der Waals surface area contributed by atoms with Crippen LogP contribution in [-0.4, -0.2) is 18.4 Å². The van der Waals surface area contributed by atoms with Crippen molar-refractivity contribution in [3.05, 3.63) is 107 Å². The predicted octanol–water partition coefficient (Wildman–Crippen LogP) is 4.10. The molecule has 0 saturated carbocycles. The van der Waals surface area contributed by atoms with Crippen molar-refractivity contribution in [3.8, 4) is 0 Å². The molecule has 4 nitrogen and oxygen atoms in total. The van der Waals surface area contributed by atoms with Crippen LogP contribution in [0.5, 0.6) is 0 Å². The largest absolute Gasteiger partial charge is 0.347 e. The van der Waals surface area contributed by atoms with E-state index in [1.807, 2.05) is 19.1 Å². The van der Waals surface area contributed by atoms with E-state index in [1.54, 1.807) is 36.4 Å². The standard InChI is InChI=1S/C24H22F2N2O2/c1-16-6-2-3-11-21(16)24(30)27-15-23(29)28-22(18-8-5-10-20(26)14-18)13-17-7-4-9-19(25)12-17/h2-12,14,22H,13,15H2,1H3,(H,27,30)(H,28,29). The highest BCUT2D eigenvalue weighted by Crippen LogP contribution is 2.20. The van der Waals surface area contributed by atoms with Crippen LogP contribution in [0.25, 0.3) is 0 Å². The Morgan fingerprint density at radius 3 is 2.30 bits per heavy atom. The lowest BCUT2D eigenvalue weighted by Crippen LogP contribution is -2.39. The zero-order valence-corrected chi connectivity index (χ0v) is 16.5. The van der Waals surface area contributed by atoms with Gasteiger partial charge in [-0.25, -0.2) is 8.78 Å². The molecule has 2 amide bonds. The average Bonchev–Trinajstić information content (AvgIpc) is 2.72. The monoisotopic (exact) mass is 408 g/mol. The van der Waals surface area contributed by atoms with E-state index >= 15 is 0 Å². The van der Waals surface area contributed by atoms with Crippen LogP contribution in [0.3, 0.4) is 0 Å². The van der Waals surface area contributed by atoms with E-state index in [2.05, 4.69) is 10.6 Å². The zero-order valence-electron chi connectivity index (χ0n) is 16.5. The number of halogens is 2. The molecule has 0 aliphatic carbocycles. The number of amides is 2. The van der Waals surface area contributed by atoms with Gasteiger partial charge in [0.2, 0.25) is 5.91 Å². The number of aryl methyl sites for hydroxylation is 1. The van der Waals surface area contributed by atoms with Gasteiger partial charge in [0, 0.05) is 5.56 Å². The molecule has 3 rings (SSSR count). The van der Waals surface area contributed by atoms with Gasteiger partial charge in [-0.2, -0.15) is 0 Å². The maximum Gasteiger partial charge on any atom is 0.251 e. The first-order chi connectivity index (χ1) is 14.4. The third-order valence-corrected chi connectivity index (χ3v) is 4.71. The minimum Gasteiger partial charge on any atom is -0.347 e. The second kappa shape index (κ2) is 9.78. The van der Waals surface area contributed by atoms with Crippen LogP contribution in [-0.2, 0) is 11.2 Å². The van der Waals surface area contributed by atoms with Gasteiger partial charge in [0.25, 0.3) is 5.91 Å². The minimum atomic E-state index is -0.578. The third-order valence-electron chi connectivity index (χ3n) is 4.71. The van der Waals surface area contributed by atoms with E-state index in [0.29, 0.717) is 16.7 Å². The maximum absolute atomic E-state index is 13.7. The number of benzene rings is 3. The molecule has 0 fully saturated rings. The average molecular weight is 408 g/mol. The summed E-state index contributed by atoms with van der Waals surface area (Å²) in [7, 11) is 0. The Morgan fingerprint density at radius 2 is 1.60 bits per heavy atom. The summed E-state index contributed by atoms with van der Waals surface area (Å²) in [6.45, 7) is 1.58. The highest BCUT2D eigenvalue weighted by Gasteiger charge is 2.17. The smallest absolute Gasteiger partial charge is 0.251 e. The SMILES string of the molecule is Cc1ccccc1C(=O)NCC(=O)NC(Cc1cccc(F)c1)c1cccc(F)c1. The number of hydrogen-bond donors (Lipinski definition) is 2. The Kier molecular flexibility index (Phi) is 6.91. The molecule has 0 aromatic heterocycles. The molecule has 30 heavy (non-hydrogen) atoms. The molecule has 0 heterocycles. The number of hydrogen-bond acceptors (Lipinski definition) is 2. The van der Waals surface area contributed by atoms with Gasteiger partial charge in [-0.05, 0) is 60.4 Å². The third kappa shape index (κ3) is 5.73. The summed E-state index contributed by atoms with van der Waals surface area (Å²) in [6, 6.07) is 18.4. The molecule has 3 aromatic rings. The van der Waals surface area contributed by atoms with Crippen LogP contribution >= 0.6 is 0 Å². The molecule has 1 unspecified atom stereocenters. The Labute approximate surface area is 173 Å².